The third-order valence-corrected chi connectivity index (χ3v) is 2.83. The third kappa shape index (κ3) is 1.69. The van der Waals surface area contributed by atoms with Gasteiger partial charge in [-0.2, -0.15) is 5.10 Å². The minimum absolute atomic E-state index is 0.435. The predicted octanol–water partition coefficient (Wildman–Crippen LogP) is 2.10. The molecular formula is C13H13N5. The van der Waals surface area contributed by atoms with Crippen molar-refractivity contribution in [2.45, 2.75) is 13.5 Å². The molecule has 0 aliphatic carbocycles. The van der Waals surface area contributed by atoms with Crippen LogP contribution in [0.25, 0.3) is 22.3 Å². The minimum atomic E-state index is 0.435. The van der Waals surface area contributed by atoms with Crippen molar-refractivity contribution < 1.29 is 0 Å². The van der Waals surface area contributed by atoms with Gasteiger partial charge in [-0.15, -0.1) is 0 Å². The standard InChI is InChI=1S/C13H13N5/c1-2-18-8-9(7-15-18)12-13(14)17-11-6-4-3-5-10(11)16-12/h3-8H,2H2,1H3,(H2,14,17). The zero-order valence-electron chi connectivity index (χ0n) is 10.0. The molecule has 3 aromatic rings. The average Bonchev–Trinajstić information content (AvgIpc) is 2.86. The number of fused-ring (bicyclic) bond motifs is 1. The molecule has 0 unspecified atom stereocenters. The van der Waals surface area contributed by atoms with Crippen LogP contribution >= 0.6 is 0 Å². The van der Waals surface area contributed by atoms with Crippen molar-refractivity contribution in [3.05, 3.63) is 36.7 Å². The molecule has 5 heteroatoms. The Hall–Kier alpha value is -2.43. The molecule has 0 aliphatic heterocycles. The summed E-state index contributed by atoms with van der Waals surface area (Å²) in [6.07, 6.45) is 3.69. The summed E-state index contributed by atoms with van der Waals surface area (Å²) in [6, 6.07) is 7.69. The number of anilines is 1. The first-order valence-electron chi connectivity index (χ1n) is 5.83. The first kappa shape index (κ1) is 10.7. The topological polar surface area (TPSA) is 69.6 Å². The average molecular weight is 239 g/mol. The van der Waals surface area contributed by atoms with Crippen LogP contribution in [0.15, 0.2) is 36.7 Å². The van der Waals surface area contributed by atoms with Gasteiger partial charge in [0.1, 0.15) is 5.69 Å². The number of aromatic nitrogens is 4. The van der Waals surface area contributed by atoms with Crippen LogP contribution in [0.2, 0.25) is 0 Å². The molecular weight excluding hydrogens is 226 g/mol. The van der Waals surface area contributed by atoms with Crippen LogP contribution in [0.5, 0.6) is 0 Å². The van der Waals surface area contributed by atoms with Gasteiger partial charge in [0.15, 0.2) is 5.82 Å². The van der Waals surface area contributed by atoms with E-state index in [1.807, 2.05) is 42.1 Å². The molecule has 2 heterocycles. The molecule has 2 aromatic heterocycles. The van der Waals surface area contributed by atoms with Crippen LogP contribution in [-0.4, -0.2) is 19.7 Å². The van der Waals surface area contributed by atoms with Crippen LogP contribution in [0.3, 0.4) is 0 Å². The number of benzene rings is 1. The van der Waals surface area contributed by atoms with Gasteiger partial charge < -0.3 is 5.73 Å². The number of nitrogens with two attached hydrogens (primary N) is 1. The molecule has 0 radical (unpaired) electrons. The van der Waals surface area contributed by atoms with E-state index < -0.39 is 0 Å². The van der Waals surface area contributed by atoms with Crippen molar-refractivity contribution in [2.24, 2.45) is 0 Å². The quantitative estimate of drug-likeness (QED) is 0.743. The van der Waals surface area contributed by atoms with Gasteiger partial charge in [0.05, 0.1) is 17.2 Å². The number of aryl methyl sites for hydroxylation is 1. The summed E-state index contributed by atoms with van der Waals surface area (Å²) in [5.41, 5.74) is 9.19. The lowest BCUT2D eigenvalue weighted by Gasteiger charge is -2.03. The van der Waals surface area contributed by atoms with Gasteiger partial charge in [-0.3, -0.25) is 4.68 Å². The van der Waals surface area contributed by atoms with Crippen molar-refractivity contribution in [3.63, 3.8) is 0 Å². The Balaban J connectivity index is 2.19. The van der Waals surface area contributed by atoms with Crippen LogP contribution in [0.4, 0.5) is 5.82 Å². The Kier molecular flexibility index (Phi) is 2.44. The van der Waals surface area contributed by atoms with Crippen molar-refractivity contribution in [3.8, 4) is 11.3 Å². The van der Waals surface area contributed by atoms with E-state index in [1.54, 1.807) is 6.20 Å². The molecule has 90 valence electrons. The fourth-order valence-corrected chi connectivity index (χ4v) is 1.88. The van der Waals surface area contributed by atoms with Crippen LogP contribution in [0, 0.1) is 0 Å². The highest BCUT2D eigenvalue weighted by molar-refractivity contribution is 5.81. The van der Waals surface area contributed by atoms with Gasteiger partial charge in [-0.25, -0.2) is 9.97 Å². The van der Waals surface area contributed by atoms with E-state index in [-0.39, 0.29) is 0 Å². The second kappa shape index (κ2) is 4.10. The van der Waals surface area contributed by atoms with Crippen LogP contribution in [0.1, 0.15) is 6.92 Å². The highest BCUT2D eigenvalue weighted by Crippen LogP contribution is 2.24. The predicted molar refractivity (Wildman–Crippen MR) is 70.8 cm³/mol. The molecule has 18 heavy (non-hydrogen) atoms. The molecule has 0 amide bonds. The van der Waals surface area contributed by atoms with Gasteiger partial charge in [0.25, 0.3) is 0 Å². The van der Waals surface area contributed by atoms with E-state index in [0.717, 1.165) is 23.1 Å². The fourth-order valence-electron chi connectivity index (χ4n) is 1.88. The number of rotatable bonds is 2. The third-order valence-electron chi connectivity index (χ3n) is 2.83. The summed E-state index contributed by atoms with van der Waals surface area (Å²) in [4.78, 5) is 8.92. The summed E-state index contributed by atoms with van der Waals surface area (Å²) in [5, 5.41) is 4.23. The molecule has 0 saturated carbocycles. The lowest BCUT2D eigenvalue weighted by Crippen LogP contribution is -1.98. The zero-order valence-corrected chi connectivity index (χ0v) is 10.0. The molecule has 0 spiro atoms. The van der Waals surface area contributed by atoms with Crippen molar-refractivity contribution in [2.75, 3.05) is 5.73 Å². The minimum Gasteiger partial charge on any atom is -0.382 e. The van der Waals surface area contributed by atoms with Gasteiger partial charge in [0, 0.05) is 18.3 Å². The Morgan fingerprint density at radius 3 is 2.56 bits per heavy atom. The van der Waals surface area contributed by atoms with Crippen molar-refractivity contribution >= 4 is 16.9 Å². The maximum absolute atomic E-state index is 5.96. The van der Waals surface area contributed by atoms with Gasteiger partial charge >= 0.3 is 0 Å². The number of hydrogen-bond donors (Lipinski definition) is 1. The maximum Gasteiger partial charge on any atom is 0.150 e. The number of nitrogen functional groups attached to an aromatic ring is 1. The van der Waals surface area contributed by atoms with Gasteiger partial charge in [0.2, 0.25) is 0 Å². The second-order valence-corrected chi connectivity index (χ2v) is 4.03. The number of nitrogens with zero attached hydrogens (tertiary/aromatic N) is 4. The molecule has 5 nitrogen and oxygen atoms in total. The van der Waals surface area contributed by atoms with Gasteiger partial charge in [-0.1, -0.05) is 12.1 Å². The van der Waals surface area contributed by atoms with Crippen LogP contribution < -0.4 is 5.73 Å². The second-order valence-electron chi connectivity index (χ2n) is 4.03. The molecule has 0 bridgehead atoms. The molecule has 0 saturated heterocycles. The first-order valence-corrected chi connectivity index (χ1v) is 5.83. The number of hydrogen-bond acceptors (Lipinski definition) is 4. The van der Waals surface area contributed by atoms with E-state index in [2.05, 4.69) is 15.1 Å². The summed E-state index contributed by atoms with van der Waals surface area (Å²) in [6.45, 7) is 2.85. The molecule has 0 fully saturated rings. The first-order chi connectivity index (χ1) is 8.78. The molecule has 3 rings (SSSR count). The lowest BCUT2D eigenvalue weighted by atomic mass is 10.2. The Morgan fingerprint density at radius 1 is 1.17 bits per heavy atom. The number of para-hydroxylation sites is 2. The lowest BCUT2D eigenvalue weighted by molar-refractivity contribution is 0.660. The SMILES string of the molecule is CCn1cc(-c2nc3ccccc3nc2N)cn1. The van der Waals surface area contributed by atoms with Crippen LogP contribution in [-0.2, 0) is 6.54 Å². The summed E-state index contributed by atoms with van der Waals surface area (Å²) >= 11 is 0. The Labute approximate surface area is 104 Å². The van der Waals surface area contributed by atoms with Crippen molar-refractivity contribution in [1.29, 1.82) is 0 Å². The molecule has 0 atom stereocenters. The summed E-state index contributed by atoms with van der Waals surface area (Å²) in [7, 11) is 0. The van der Waals surface area contributed by atoms with E-state index in [9.17, 15) is 0 Å². The summed E-state index contributed by atoms with van der Waals surface area (Å²) in [5.74, 6) is 0.435. The van der Waals surface area contributed by atoms with Gasteiger partial charge in [-0.05, 0) is 19.1 Å². The van der Waals surface area contributed by atoms with E-state index in [4.69, 9.17) is 5.73 Å². The maximum atomic E-state index is 5.96. The molecule has 0 aliphatic rings. The molecule has 2 N–H and O–H groups in total. The highest BCUT2D eigenvalue weighted by Gasteiger charge is 2.09. The smallest absolute Gasteiger partial charge is 0.150 e. The summed E-state index contributed by atoms with van der Waals surface area (Å²) < 4.78 is 1.84. The van der Waals surface area contributed by atoms with E-state index in [0.29, 0.717) is 11.5 Å². The normalized spacial score (nSPS) is 10.9. The molecule has 1 aromatic carbocycles. The monoisotopic (exact) mass is 239 g/mol. The van der Waals surface area contributed by atoms with E-state index >= 15 is 0 Å². The fraction of sp³-hybridized carbons (Fsp3) is 0.154. The van der Waals surface area contributed by atoms with E-state index in [1.165, 1.54) is 0 Å². The zero-order chi connectivity index (χ0) is 12.5. The largest absolute Gasteiger partial charge is 0.382 e. The highest BCUT2D eigenvalue weighted by atomic mass is 15.3. The Morgan fingerprint density at radius 2 is 1.89 bits per heavy atom. The Bertz CT molecular complexity index is 701. The van der Waals surface area contributed by atoms with Crippen molar-refractivity contribution in [1.82, 2.24) is 19.7 Å².